The highest BCUT2D eigenvalue weighted by Gasteiger charge is 2.14. The number of hydrogen-bond acceptors (Lipinski definition) is 2. The minimum Gasteiger partial charge on any atom is -0.253 e. The number of allylic oxidation sites excluding steroid dienone is 8. The van der Waals surface area contributed by atoms with Gasteiger partial charge in [0.25, 0.3) is 0 Å². The Labute approximate surface area is 144 Å². The molecule has 0 atom stereocenters. The van der Waals surface area contributed by atoms with E-state index < -0.39 is 0 Å². The molecule has 2 heterocycles. The van der Waals surface area contributed by atoms with Gasteiger partial charge >= 0.3 is 0 Å². The third-order valence-corrected chi connectivity index (χ3v) is 4.94. The first-order valence-corrected chi connectivity index (χ1v) is 9.24. The lowest BCUT2D eigenvalue weighted by Crippen LogP contribution is -1.92. The number of rotatable bonds is 9. The SMILES string of the molecule is C1=CC2=CC(CCCCCCCCC3=NC4=CC=CC4=C3)=NC2=C1. The number of fused-ring (bicyclic) bond motifs is 2. The van der Waals surface area contributed by atoms with Crippen molar-refractivity contribution in [1.82, 2.24) is 0 Å². The standard InChI is InChI=1S/C22H24N2/c1(3-5-11-19-15-17-9-7-13-21(17)23-19)2-4-6-12-20-16-18-10-8-14-22(18)24-20/h7-10,13-16H,1-6,11-12H2. The molecule has 2 nitrogen and oxygen atoms in total. The third kappa shape index (κ3) is 3.48. The molecule has 0 aromatic heterocycles. The lowest BCUT2D eigenvalue weighted by Gasteiger charge is -2.02. The Kier molecular flexibility index (Phi) is 4.55. The Morgan fingerprint density at radius 1 is 0.583 bits per heavy atom. The molecule has 4 rings (SSSR count). The second-order valence-electron chi connectivity index (χ2n) is 6.85. The van der Waals surface area contributed by atoms with Gasteiger partial charge in [0.2, 0.25) is 0 Å². The van der Waals surface area contributed by atoms with Crippen LogP contribution in [0.4, 0.5) is 0 Å². The van der Waals surface area contributed by atoms with Crippen molar-refractivity contribution >= 4 is 11.4 Å². The Hall–Kier alpha value is -2.22. The lowest BCUT2D eigenvalue weighted by atomic mass is 10.0. The number of unbranched alkanes of at least 4 members (excludes halogenated alkanes) is 5. The van der Waals surface area contributed by atoms with Gasteiger partial charge in [0.1, 0.15) is 0 Å². The fraction of sp³-hybridized carbons (Fsp3) is 0.364. The molecule has 0 amide bonds. The van der Waals surface area contributed by atoms with Crippen LogP contribution in [0.5, 0.6) is 0 Å². The molecule has 122 valence electrons. The average Bonchev–Trinajstić information content (AvgIpc) is 3.29. The number of aliphatic imine (C=N–C) groups is 2. The molecular weight excluding hydrogens is 292 g/mol. The number of nitrogens with zero attached hydrogens (tertiary/aromatic N) is 2. The Morgan fingerprint density at radius 3 is 1.50 bits per heavy atom. The van der Waals surface area contributed by atoms with Gasteiger partial charge in [-0.25, -0.2) is 0 Å². The van der Waals surface area contributed by atoms with Crippen LogP contribution in [0.1, 0.15) is 51.4 Å². The Morgan fingerprint density at radius 2 is 1.04 bits per heavy atom. The predicted octanol–water partition coefficient (Wildman–Crippen LogP) is 5.78. The van der Waals surface area contributed by atoms with Gasteiger partial charge in [-0.15, -0.1) is 0 Å². The lowest BCUT2D eigenvalue weighted by molar-refractivity contribution is 0.608. The molecule has 2 aliphatic carbocycles. The molecule has 0 N–H and O–H groups in total. The minimum atomic E-state index is 1.13. The minimum absolute atomic E-state index is 1.13. The van der Waals surface area contributed by atoms with Gasteiger partial charge < -0.3 is 0 Å². The van der Waals surface area contributed by atoms with Crippen LogP contribution in [-0.4, -0.2) is 11.4 Å². The molecule has 2 aliphatic heterocycles. The van der Waals surface area contributed by atoms with Gasteiger partial charge in [-0.2, -0.15) is 0 Å². The normalized spacial score (nSPS) is 19.7. The van der Waals surface area contributed by atoms with E-state index in [4.69, 9.17) is 0 Å². The van der Waals surface area contributed by atoms with Crippen LogP contribution < -0.4 is 0 Å². The van der Waals surface area contributed by atoms with Crippen LogP contribution in [-0.2, 0) is 0 Å². The van der Waals surface area contributed by atoms with Crippen molar-refractivity contribution in [3.05, 3.63) is 71.1 Å². The van der Waals surface area contributed by atoms with E-state index in [1.54, 1.807) is 0 Å². The summed E-state index contributed by atoms with van der Waals surface area (Å²) in [5.41, 5.74) is 7.44. The van der Waals surface area contributed by atoms with E-state index in [1.165, 1.54) is 61.1 Å². The zero-order valence-electron chi connectivity index (χ0n) is 14.2. The van der Waals surface area contributed by atoms with Crippen molar-refractivity contribution in [2.75, 3.05) is 0 Å². The molecule has 0 aromatic carbocycles. The van der Waals surface area contributed by atoms with Gasteiger partial charge in [-0.1, -0.05) is 50.0 Å². The molecule has 0 saturated heterocycles. The summed E-state index contributed by atoms with van der Waals surface area (Å²) in [6.07, 6.45) is 27.2. The topological polar surface area (TPSA) is 24.7 Å². The van der Waals surface area contributed by atoms with E-state index in [0.29, 0.717) is 0 Å². The summed E-state index contributed by atoms with van der Waals surface area (Å²) in [6, 6.07) is 0. The van der Waals surface area contributed by atoms with Crippen molar-refractivity contribution in [3.8, 4) is 0 Å². The van der Waals surface area contributed by atoms with E-state index in [0.717, 1.165) is 24.2 Å². The van der Waals surface area contributed by atoms with Crippen molar-refractivity contribution in [2.45, 2.75) is 51.4 Å². The van der Waals surface area contributed by atoms with Gasteiger partial charge in [-0.05, 0) is 50.0 Å². The molecule has 2 heteroatoms. The van der Waals surface area contributed by atoms with Gasteiger partial charge in [0, 0.05) is 22.6 Å². The molecule has 0 spiro atoms. The van der Waals surface area contributed by atoms with E-state index in [9.17, 15) is 0 Å². The first-order chi connectivity index (χ1) is 11.9. The fourth-order valence-corrected chi connectivity index (χ4v) is 3.61. The molecule has 0 fully saturated rings. The summed E-state index contributed by atoms with van der Waals surface area (Å²) >= 11 is 0. The van der Waals surface area contributed by atoms with E-state index in [1.807, 2.05) is 0 Å². The van der Waals surface area contributed by atoms with Crippen LogP contribution in [0, 0.1) is 0 Å². The second-order valence-corrected chi connectivity index (χ2v) is 6.85. The maximum atomic E-state index is 4.66. The summed E-state index contributed by atoms with van der Waals surface area (Å²) in [7, 11) is 0. The molecule has 0 saturated carbocycles. The maximum absolute atomic E-state index is 4.66. The molecule has 0 aromatic rings. The highest BCUT2D eigenvalue weighted by Crippen LogP contribution is 2.27. The van der Waals surface area contributed by atoms with Crippen LogP contribution in [0.2, 0.25) is 0 Å². The molecule has 0 unspecified atom stereocenters. The summed E-state index contributed by atoms with van der Waals surface area (Å²) < 4.78 is 0. The highest BCUT2D eigenvalue weighted by atomic mass is 14.8. The van der Waals surface area contributed by atoms with E-state index in [2.05, 4.69) is 58.6 Å². The number of hydrogen-bond donors (Lipinski definition) is 0. The van der Waals surface area contributed by atoms with Gasteiger partial charge in [0.05, 0.1) is 11.4 Å². The van der Waals surface area contributed by atoms with Crippen LogP contribution in [0.3, 0.4) is 0 Å². The van der Waals surface area contributed by atoms with Crippen LogP contribution in [0.15, 0.2) is 81.1 Å². The summed E-state index contributed by atoms with van der Waals surface area (Å²) in [6.45, 7) is 0. The maximum Gasteiger partial charge on any atom is 0.0705 e. The molecular formula is C22H24N2. The quantitative estimate of drug-likeness (QED) is 0.482. The van der Waals surface area contributed by atoms with Crippen molar-refractivity contribution in [2.24, 2.45) is 9.98 Å². The zero-order chi connectivity index (χ0) is 16.2. The fourth-order valence-electron chi connectivity index (χ4n) is 3.61. The molecule has 24 heavy (non-hydrogen) atoms. The van der Waals surface area contributed by atoms with Crippen LogP contribution in [0.25, 0.3) is 0 Å². The average molecular weight is 316 g/mol. The van der Waals surface area contributed by atoms with E-state index >= 15 is 0 Å². The van der Waals surface area contributed by atoms with Crippen molar-refractivity contribution < 1.29 is 0 Å². The molecule has 4 aliphatic rings. The summed E-state index contributed by atoms with van der Waals surface area (Å²) in [4.78, 5) is 9.32. The van der Waals surface area contributed by atoms with Crippen molar-refractivity contribution in [1.29, 1.82) is 0 Å². The smallest absolute Gasteiger partial charge is 0.0705 e. The predicted molar refractivity (Wildman–Crippen MR) is 102 cm³/mol. The second kappa shape index (κ2) is 7.12. The Balaban J connectivity index is 1.04. The highest BCUT2D eigenvalue weighted by molar-refractivity contribution is 6.01. The monoisotopic (exact) mass is 316 g/mol. The molecule has 0 bridgehead atoms. The van der Waals surface area contributed by atoms with Crippen LogP contribution >= 0.6 is 0 Å². The first-order valence-electron chi connectivity index (χ1n) is 9.24. The van der Waals surface area contributed by atoms with E-state index in [-0.39, 0.29) is 0 Å². The first kappa shape index (κ1) is 15.3. The summed E-state index contributed by atoms with van der Waals surface area (Å²) in [5, 5.41) is 0. The van der Waals surface area contributed by atoms with Gasteiger partial charge in [-0.3, -0.25) is 9.98 Å². The summed E-state index contributed by atoms with van der Waals surface area (Å²) in [5.74, 6) is 0. The largest absolute Gasteiger partial charge is 0.253 e. The Bertz CT molecular complexity index is 698. The van der Waals surface area contributed by atoms with Crippen molar-refractivity contribution in [3.63, 3.8) is 0 Å². The third-order valence-electron chi connectivity index (χ3n) is 4.94. The molecule has 0 radical (unpaired) electrons. The van der Waals surface area contributed by atoms with Gasteiger partial charge in [0.15, 0.2) is 0 Å². The zero-order valence-corrected chi connectivity index (χ0v) is 14.2.